The van der Waals surface area contributed by atoms with E-state index in [1.54, 1.807) is 7.11 Å². The third kappa shape index (κ3) is 3.77. The van der Waals surface area contributed by atoms with E-state index in [4.69, 9.17) is 15.2 Å². The standard InChI is InChI=1S/C17H24N4O2/c1-17(2)11-21(8-12(23-17)10-22-3)9-15-19-14-7-5-4-6-13(14)16(18)20-15/h4-7,12H,8-11H2,1-3H3,(H2,18,19,20). The van der Waals surface area contributed by atoms with Crippen molar-refractivity contribution in [2.45, 2.75) is 32.1 Å². The van der Waals surface area contributed by atoms with Crippen molar-refractivity contribution < 1.29 is 9.47 Å². The third-order valence-corrected chi connectivity index (χ3v) is 3.95. The molecule has 23 heavy (non-hydrogen) atoms. The first-order valence-electron chi connectivity index (χ1n) is 7.87. The van der Waals surface area contributed by atoms with Gasteiger partial charge in [0.25, 0.3) is 0 Å². The van der Waals surface area contributed by atoms with Gasteiger partial charge in [-0.15, -0.1) is 0 Å². The lowest BCUT2D eigenvalue weighted by atomic mass is 10.1. The van der Waals surface area contributed by atoms with Gasteiger partial charge in [-0.05, 0) is 26.0 Å². The van der Waals surface area contributed by atoms with Crippen LogP contribution in [0.2, 0.25) is 0 Å². The minimum absolute atomic E-state index is 0.0570. The van der Waals surface area contributed by atoms with Crippen molar-refractivity contribution in [2.24, 2.45) is 0 Å². The molecule has 6 nitrogen and oxygen atoms in total. The van der Waals surface area contributed by atoms with Gasteiger partial charge >= 0.3 is 0 Å². The van der Waals surface area contributed by atoms with Crippen LogP contribution in [0.25, 0.3) is 10.9 Å². The lowest BCUT2D eigenvalue weighted by Crippen LogP contribution is -2.53. The van der Waals surface area contributed by atoms with Gasteiger partial charge in [0.15, 0.2) is 0 Å². The second kappa shape index (κ2) is 6.39. The topological polar surface area (TPSA) is 73.5 Å². The Morgan fingerprint density at radius 2 is 2.13 bits per heavy atom. The average molecular weight is 316 g/mol. The van der Waals surface area contributed by atoms with Crippen LogP contribution in [-0.4, -0.2) is 53.4 Å². The van der Waals surface area contributed by atoms with E-state index in [-0.39, 0.29) is 11.7 Å². The first-order valence-corrected chi connectivity index (χ1v) is 7.87. The summed E-state index contributed by atoms with van der Waals surface area (Å²) in [7, 11) is 1.70. The zero-order chi connectivity index (χ0) is 16.4. The average Bonchev–Trinajstić information content (AvgIpc) is 2.46. The maximum atomic E-state index is 6.08. The quantitative estimate of drug-likeness (QED) is 0.928. The number of ether oxygens (including phenoxy) is 2. The lowest BCUT2D eigenvalue weighted by Gasteiger charge is -2.42. The highest BCUT2D eigenvalue weighted by molar-refractivity contribution is 5.87. The van der Waals surface area contributed by atoms with E-state index in [0.29, 0.717) is 19.0 Å². The summed E-state index contributed by atoms with van der Waals surface area (Å²) >= 11 is 0. The molecule has 0 spiro atoms. The molecule has 1 fully saturated rings. The summed E-state index contributed by atoms with van der Waals surface area (Å²) in [4.78, 5) is 11.4. The molecule has 2 aromatic rings. The number of morpholine rings is 1. The molecule has 3 rings (SSSR count). The molecule has 0 aliphatic carbocycles. The minimum atomic E-state index is -0.218. The number of hydrogen-bond donors (Lipinski definition) is 1. The van der Waals surface area contributed by atoms with Crippen molar-refractivity contribution in [2.75, 3.05) is 32.5 Å². The molecular formula is C17H24N4O2. The molecule has 1 aliphatic rings. The van der Waals surface area contributed by atoms with E-state index >= 15 is 0 Å². The van der Waals surface area contributed by atoms with Crippen LogP contribution in [0.4, 0.5) is 5.82 Å². The number of nitrogens with two attached hydrogens (primary N) is 1. The van der Waals surface area contributed by atoms with Crippen molar-refractivity contribution in [3.8, 4) is 0 Å². The summed E-state index contributed by atoms with van der Waals surface area (Å²) in [6.07, 6.45) is 0.0570. The van der Waals surface area contributed by atoms with Crippen molar-refractivity contribution in [1.29, 1.82) is 0 Å². The van der Waals surface area contributed by atoms with Gasteiger partial charge in [-0.1, -0.05) is 12.1 Å². The summed E-state index contributed by atoms with van der Waals surface area (Å²) in [6.45, 7) is 7.05. The van der Waals surface area contributed by atoms with E-state index < -0.39 is 0 Å². The Labute approximate surface area is 136 Å². The first kappa shape index (κ1) is 16.1. The Morgan fingerprint density at radius 3 is 2.91 bits per heavy atom. The predicted octanol–water partition coefficient (Wildman–Crippen LogP) is 1.84. The zero-order valence-corrected chi connectivity index (χ0v) is 14.0. The number of hydrogen-bond acceptors (Lipinski definition) is 6. The maximum Gasteiger partial charge on any atom is 0.145 e. The van der Waals surface area contributed by atoms with Crippen LogP contribution in [0.5, 0.6) is 0 Å². The first-order chi connectivity index (χ1) is 11.0. The second-order valence-corrected chi connectivity index (χ2v) is 6.67. The third-order valence-electron chi connectivity index (χ3n) is 3.95. The lowest BCUT2D eigenvalue weighted by molar-refractivity contribution is -0.154. The molecule has 1 unspecified atom stereocenters. The molecule has 2 heterocycles. The van der Waals surface area contributed by atoms with Gasteiger partial charge in [-0.3, -0.25) is 4.90 Å². The van der Waals surface area contributed by atoms with Gasteiger partial charge in [-0.25, -0.2) is 9.97 Å². The Balaban J connectivity index is 1.80. The smallest absolute Gasteiger partial charge is 0.145 e. The molecule has 1 atom stereocenters. The van der Waals surface area contributed by atoms with Gasteiger partial charge in [0.05, 0.1) is 30.4 Å². The van der Waals surface area contributed by atoms with Crippen LogP contribution in [-0.2, 0) is 16.0 Å². The van der Waals surface area contributed by atoms with E-state index in [2.05, 4.69) is 28.7 Å². The van der Waals surface area contributed by atoms with Gasteiger partial charge in [-0.2, -0.15) is 0 Å². The highest BCUT2D eigenvalue weighted by Crippen LogP contribution is 2.23. The molecule has 0 amide bonds. The Morgan fingerprint density at radius 1 is 1.35 bits per heavy atom. The molecule has 1 aliphatic heterocycles. The van der Waals surface area contributed by atoms with Crippen molar-refractivity contribution in [3.05, 3.63) is 30.1 Å². The van der Waals surface area contributed by atoms with Crippen molar-refractivity contribution >= 4 is 16.7 Å². The number of benzene rings is 1. The fourth-order valence-corrected chi connectivity index (χ4v) is 3.23. The number of nitrogens with zero attached hydrogens (tertiary/aromatic N) is 3. The highest BCUT2D eigenvalue weighted by atomic mass is 16.5. The summed E-state index contributed by atoms with van der Waals surface area (Å²) in [5.74, 6) is 1.28. The molecule has 0 saturated carbocycles. The van der Waals surface area contributed by atoms with Crippen LogP contribution in [0.1, 0.15) is 19.7 Å². The summed E-state index contributed by atoms with van der Waals surface area (Å²) in [5, 5.41) is 0.899. The normalized spacial score (nSPS) is 21.6. The molecule has 1 saturated heterocycles. The molecular weight excluding hydrogens is 292 g/mol. The number of fused-ring (bicyclic) bond motifs is 1. The van der Waals surface area contributed by atoms with Crippen molar-refractivity contribution in [3.63, 3.8) is 0 Å². The van der Waals surface area contributed by atoms with Gasteiger partial charge in [0.2, 0.25) is 0 Å². The van der Waals surface area contributed by atoms with E-state index in [1.165, 1.54) is 0 Å². The molecule has 0 bridgehead atoms. The summed E-state index contributed by atoms with van der Waals surface area (Å²) in [5.41, 5.74) is 6.74. The van der Waals surface area contributed by atoms with Gasteiger partial charge in [0, 0.05) is 25.6 Å². The summed E-state index contributed by atoms with van der Waals surface area (Å²) in [6, 6.07) is 7.82. The fourth-order valence-electron chi connectivity index (χ4n) is 3.23. The maximum absolute atomic E-state index is 6.08. The highest BCUT2D eigenvalue weighted by Gasteiger charge is 2.33. The molecule has 2 N–H and O–H groups in total. The monoisotopic (exact) mass is 316 g/mol. The number of para-hydroxylation sites is 1. The van der Waals surface area contributed by atoms with Crippen molar-refractivity contribution in [1.82, 2.24) is 14.9 Å². The SMILES string of the molecule is COCC1CN(Cc2nc(N)c3ccccc3n2)CC(C)(C)O1. The molecule has 6 heteroatoms. The Kier molecular flexibility index (Phi) is 4.48. The largest absolute Gasteiger partial charge is 0.383 e. The molecule has 1 aromatic carbocycles. The van der Waals surface area contributed by atoms with E-state index in [0.717, 1.165) is 29.8 Å². The summed E-state index contributed by atoms with van der Waals surface area (Å²) < 4.78 is 11.3. The Bertz CT molecular complexity index is 689. The fraction of sp³-hybridized carbons (Fsp3) is 0.529. The second-order valence-electron chi connectivity index (χ2n) is 6.67. The zero-order valence-electron chi connectivity index (χ0n) is 14.0. The molecule has 124 valence electrons. The Hall–Kier alpha value is -1.76. The van der Waals surface area contributed by atoms with Gasteiger partial charge in [0.1, 0.15) is 11.6 Å². The number of methoxy groups -OCH3 is 1. The molecule has 1 aromatic heterocycles. The van der Waals surface area contributed by atoms with Crippen LogP contribution >= 0.6 is 0 Å². The van der Waals surface area contributed by atoms with E-state index in [1.807, 2.05) is 24.3 Å². The number of rotatable bonds is 4. The predicted molar refractivity (Wildman–Crippen MR) is 90.1 cm³/mol. The minimum Gasteiger partial charge on any atom is -0.383 e. The van der Waals surface area contributed by atoms with Crippen LogP contribution < -0.4 is 5.73 Å². The van der Waals surface area contributed by atoms with Crippen LogP contribution in [0.3, 0.4) is 0 Å². The van der Waals surface area contributed by atoms with Gasteiger partial charge < -0.3 is 15.2 Å². The van der Waals surface area contributed by atoms with E-state index in [9.17, 15) is 0 Å². The number of aromatic nitrogens is 2. The molecule has 0 radical (unpaired) electrons. The number of anilines is 1. The van der Waals surface area contributed by atoms with Crippen LogP contribution in [0, 0.1) is 0 Å². The number of nitrogen functional groups attached to an aromatic ring is 1. The van der Waals surface area contributed by atoms with Crippen LogP contribution in [0.15, 0.2) is 24.3 Å².